The Labute approximate surface area is 139 Å². The van der Waals surface area contributed by atoms with Gasteiger partial charge in [0.05, 0.1) is 5.69 Å². The number of nitrogens with zero attached hydrogens (tertiary/aromatic N) is 1. The smallest absolute Gasteiger partial charge is 0.407 e. The molecule has 2 rings (SSSR count). The Morgan fingerprint density at radius 1 is 1.32 bits per heavy atom. The highest BCUT2D eigenvalue weighted by Gasteiger charge is 2.15. The van der Waals surface area contributed by atoms with E-state index in [1.807, 2.05) is 50.4 Å². The van der Waals surface area contributed by atoms with E-state index in [2.05, 4.69) is 10.3 Å². The van der Waals surface area contributed by atoms with Crippen LogP contribution in [0, 0.1) is 0 Å². The maximum absolute atomic E-state index is 11.5. The van der Waals surface area contributed by atoms with E-state index in [0.29, 0.717) is 18.0 Å². The Kier molecular flexibility index (Phi) is 5.42. The third-order valence-electron chi connectivity index (χ3n) is 2.69. The number of ether oxygens (including phenoxy) is 1. The minimum Gasteiger partial charge on any atom is -0.444 e. The van der Waals surface area contributed by atoms with Crippen molar-refractivity contribution in [3.05, 3.63) is 40.4 Å². The lowest BCUT2D eigenvalue weighted by Crippen LogP contribution is -2.33. The average molecular weight is 339 g/mol. The Hall–Kier alpha value is -1.59. The molecule has 4 nitrogen and oxygen atoms in total. The fourth-order valence-corrected chi connectivity index (χ4v) is 2.74. The lowest BCUT2D eigenvalue weighted by atomic mass is 10.2. The maximum atomic E-state index is 11.5. The highest BCUT2D eigenvalue weighted by molar-refractivity contribution is 7.13. The van der Waals surface area contributed by atoms with Gasteiger partial charge in [-0.1, -0.05) is 23.7 Å². The molecule has 1 N–H and O–H groups in total. The molecule has 0 fully saturated rings. The van der Waals surface area contributed by atoms with Crippen molar-refractivity contribution in [3.63, 3.8) is 0 Å². The predicted octanol–water partition coefficient (Wildman–Crippen LogP) is 4.53. The predicted molar refractivity (Wildman–Crippen MR) is 90.5 cm³/mol. The molecule has 1 heterocycles. The molecule has 0 saturated heterocycles. The molecule has 2 aromatic rings. The van der Waals surface area contributed by atoms with E-state index in [1.165, 1.54) is 0 Å². The number of aromatic nitrogens is 1. The summed E-state index contributed by atoms with van der Waals surface area (Å²) in [6.45, 7) is 6.01. The molecule has 1 amide bonds. The molecule has 1 aromatic heterocycles. The summed E-state index contributed by atoms with van der Waals surface area (Å²) in [4.78, 5) is 16.1. The molecule has 0 unspecified atom stereocenters. The molecule has 1 aromatic carbocycles. The minimum absolute atomic E-state index is 0.402. The summed E-state index contributed by atoms with van der Waals surface area (Å²) in [6, 6.07) is 7.60. The first-order valence-electron chi connectivity index (χ1n) is 7.01. The van der Waals surface area contributed by atoms with Crippen LogP contribution in [0.3, 0.4) is 0 Å². The van der Waals surface area contributed by atoms with Gasteiger partial charge < -0.3 is 10.1 Å². The molecule has 0 atom stereocenters. The van der Waals surface area contributed by atoms with Crippen LogP contribution in [-0.4, -0.2) is 23.2 Å². The van der Waals surface area contributed by atoms with E-state index < -0.39 is 11.7 Å². The van der Waals surface area contributed by atoms with E-state index in [9.17, 15) is 4.79 Å². The molecular formula is C16H19ClN2O2S. The molecule has 6 heteroatoms. The zero-order valence-corrected chi connectivity index (χ0v) is 14.4. The fourth-order valence-electron chi connectivity index (χ4n) is 1.75. The number of benzene rings is 1. The third kappa shape index (κ3) is 5.31. The molecular weight excluding hydrogens is 320 g/mol. The van der Waals surface area contributed by atoms with Gasteiger partial charge in [0, 0.05) is 28.9 Å². The zero-order chi connectivity index (χ0) is 16.2. The van der Waals surface area contributed by atoms with Crippen LogP contribution in [0.1, 0.15) is 26.5 Å². The number of thiazole rings is 1. The summed E-state index contributed by atoms with van der Waals surface area (Å²) in [7, 11) is 0. The second-order valence-electron chi connectivity index (χ2n) is 5.83. The van der Waals surface area contributed by atoms with E-state index in [4.69, 9.17) is 16.3 Å². The molecule has 0 aliphatic heterocycles. The lowest BCUT2D eigenvalue weighted by Gasteiger charge is -2.19. The number of hydrogen-bond donors (Lipinski definition) is 1. The largest absolute Gasteiger partial charge is 0.444 e. The Bertz CT molecular complexity index is 632. The van der Waals surface area contributed by atoms with Gasteiger partial charge in [-0.05, 0) is 32.9 Å². The summed E-state index contributed by atoms with van der Waals surface area (Å²) in [5, 5.41) is 6.39. The SMILES string of the molecule is CC(C)(C)OC(=O)NCCc1csc(-c2ccc(Cl)cc2)n1. The van der Waals surface area contributed by atoms with Crippen molar-refractivity contribution in [1.29, 1.82) is 0 Å². The summed E-state index contributed by atoms with van der Waals surface area (Å²) >= 11 is 7.46. The number of nitrogens with one attached hydrogen (secondary N) is 1. The summed E-state index contributed by atoms with van der Waals surface area (Å²) in [6.07, 6.45) is 0.268. The van der Waals surface area contributed by atoms with Crippen LogP contribution in [0.15, 0.2) is 29.6 Å². The molecule has 22 heavy (non-hydrogen) atoms. The van der Waals surface area contributed by atoms with Crippen molar-refractivity contribution in [3.8, 4) is 10.6 Å². The van der Waals surface area contributed by atoms with Crippen molar-refractivity contribution in [2.24, 2.45) is 0 Å². The fraction of sp³-hybridized carbons (Fsp3) is 0.375. The Morgan fingerprint density at radius 3 is 2.64 bits per heavy atom. The molecule has 0 spiro atoms. The van der Waals surface area contributed by atoms with Gasteiger partial charge in [-0.15, -0.1) is 11.3 Å². The first-order valence-corrected chi connectivity index (χ1v) is 8.26. The number of carbonyl (C=O) groups excluding carboxylic acids is 1. The van der Waals surface area contributed by atoms with Gasteiger partial charge in [-0.25, -0.2) is 9.78 Å². The number of rotatable bonds is 4. The van der Waals surface area contributed by atoms with Crippen molar-refractivity contribution in [1.82, 2.24) is 10.3 Å². The third-order valence-corrected chi connectivity index (χ3v) is 3.88. The molecule has 0 aliphatic carbocycles. The normalized spacial score (nSPS) is 11.3. The molecule has 0 saturated carbocycles. The standard InChI is InChI=1S/C16H19ClN2O2S/c1-16(2,3)21-15(20)18-9-8-13-10-22-14(19-13)11-4-6-12(17)7-5-11/h4-7,10H,8-9H2,1-3H3,(H,18,20). The quantitative estimate of drug-likeness (QED) is 0.891. The van der Waals surface area contributed by atoms with E-state index in [-0.39, 0.29) is 0 Å². The van der Waals surface area contributed by atoms with Gasteiger partial charge in [0.2, 0.25) is 0 Å². The molecule has 118 valence electrons. The van der Waals surface area contributed by atoms with Crippen LogP contribution in [-0.2, 0) is 11.2 Å². The van der Waals surface area contributed by atoms with E-state index >= 15 is 0 Å². The Morgan fingerprint density at radius 2 is 2.00 bits per heavy atom. The topological polar surface area (TPSA) is 51.2 Å². The molecule has 0 aliphatic rings. The van der Waals surface area contributed by atoms with Gasteiger partial charge in [-0.2, -0.15) is 0 Å². The number of halogens is 1. The second kappa shape index (κ2) is 7.11. The van der Waals surface area contributed by atoms with Crippen LogP contribution < -0.4 is 5.32 Å². The highest BCUT2D eigenvalue weighted by atomic mass is 35.5. The van der Waals surface area contributed by atoms with Crippen molar-refractivity contribution in [2.45, 2.75) is 32.8 Å². The van der Waals surface area contributed by atoms with E-state index in [1.54, 1.807) is 11.3 Å². The minimum atomic E-state index is -0.480. The van der Waals surface area contributed by atoms with Crippen LogP contribution in [0.2, 0.25) is 5.02 Å². The lowest BCUT2D eigenvalue weighted by molar-refractivity contribution is 0.0528. The number of alkyl carbamates (subject to hydrolysis) is 1. The first-order chi connectivity index (χ1) is 10.3. The van der Waals surface area contributed by atoms with Gasteiger partial charge in [-0.3, -0.25) is 0 Å². The van der Waals surface area contributed by atoms with Crippen LogP contribution >= 0.6 is 22.9 Å². The number of carbonyl (C=O) groups is 1. The van der Waals surface area contributed by atoms with Crippen LogP contribution in [0.5, 0.6) is 0 Å². The molecule has 0 bridgehead atoms. The highest BCUT2D eigenvalue weighted by Crippen LogP contribution is 2.25. The summed E-state index contributed by atoms with van der Waals surface area (Å²) in [5.41, 5.74) is 1.51. The van der Waals surface area contributed by atoms with Crippen molar-refractivity contribution in [2.75, 3.05) is 6.54 Å². The van der Waals surface area contributed by atoms with Gasteiger partial charge in [0.15, 0.2) is 0 Å². The summed E-state index contributed by atoms with van der Waals surface area (Å²) in [5.74, 6) is 0. The van der Waals surface area contributed by atoms with Crippen LogP contribution in [0.25, 0.3) is 10.6 Å². The van der Waals surface area contributed by atoms with Crippen molar-refractivity contribution >= 4 is 29.0 Å². The maximum Gasteiger partial charge on any atom is 0.407 e. The monoisotopic (exact) mass is 338 g/mol. The zero-order valence-electron chi connectivity index (χ0n) is 12.9. The van der Waals surface area contributed by atoms with Gasteiger partial charge >= 0.3 is 6.09 Å². The average Bonchev–Trinajstić information content (AvgIpc) is 2.86. The van der Waals surface area contributed by atoms with E-state index in [0.717, 1.165) is 16.3 Å². The Balaban J connectivity index is 1.85. The van der Waals surface area contributed by atoms with Crippen LogP contribution in [0.4, 0.5) is 4.79 Å². The molecule has 0 radical (unpaired) electrons. The van der Waals surface area contributed by atoms with Gasteiger partial charge in [0.1, 0.15) is 10.6 Å². The number of hydrogen-bond acceptors (Lipinski definition) is 4. The second-order valence-corrected chi connectivity index (χ2v) is 7.12. The van der Waals surface area contributed by atoms with Crippen molar-refractivity contribution < 1.29 is 9.53 Å². The van der Waals surface area contributed by atoms with Gasteiger partial charge in [0.25, 0.3) is 0 Å². The first kappa shape index (κ1) is 16.8. The summed E-state index contributed by atoms with van der Waals surface area (Å²) < 4.78 is 5.18. The number of amides is 1.